The molecule has 3 heterocycles. The Balaban J connectivity index is 1.52. The minimum Gasteiger partial charge on any atom is -0.497 e. The molecule has 2 aromatic heterocycles. The number of nitrogens with zero attached hydrogens (tertiary/aromatic N) is 2. The lowest BCUT2D eigenvalue weighted by Crippen LogP contribution is -2.40. The number of rotatable bonds is 4. The molecular weight excluding hydrogens is 326 g/mol. The zero-order valence-corrected chi connectivity index (χ0v) is 14.9. The van der Waals surface area contributed by atoms with Crippen LogP contribution in [0, 0.1) is 5.92 Å². The molecule has 5 nitrogen and oxygen atoms in total. The highest BCUT2D eigenvalue weighted by Gasteiger charge is 2.26. The fourth-order valence-corrected chi connectivity index (χ4v) is 3.80. The lowest BCUT2D eigenvalue weighted by molar-refractivity contribution is 0.0675. The fourth-order valence-electron chi connectivity index (χ4n) is 3.80. The van der Waals surface area contributed by atoms with Gasteiger partial charge in [0, 0.05) is 42.1 Å². The number of aromatic nitrogens is 2. The van der Waals surface area contributed by atoms with Crippen molar-refractivity contribution in [2.75, 3.05) is 20.2 Å². The molecule has 1 amide bonds. The normalized spacial score (nSPS) is 17.4. The largest absolute Gasteiger partial charge is 0.497 e. The van der Waals surface area contributed by atoms with Crippen molar-refractivity contribution in [3.8, 4) is 5.75 Å². The highest BCUT2D eigenvalue weighted by Crippen LogP contribution is 2.27. The topological polar surface area (TPSA) is 58.2 Å². The maximum Gasteiger partial charge on any atom is 0.256 e. The molecule has 0 aliphatic carbocycles. The van der Waals surface area contributed by atoms with E-state index in [4.69, 9.17) is 4.74 Å². The van der Waals surface area contributed by atoms with E-state index in [9.17, 15) is 4.79 Å². The van der Waals surface area contributed by atoms with E-state index in [2.05, 4.69) is 16.0 Å². The van der Waals surface area contributed by atoms with E-state index >= 15 is 0 Å². The quantitative estimate of drug-likeness (QED) is 0.782. The Morgan fingerprint density at radius 3 is 3.08 bits per heavy atom. The van der Waals surface area contributed by atoms with Crippen LogP contribution in [0.1, 0.15) is 28.9 Å². The maximum atomic E-state index is 13.1. The summed E-state index contributed by atoms with van der Waals surface area (Å²) in [4.78, 5) is 22.7. The van der Waals surface area contributed by atoms with Crippen LogP contribution in [0.15, 0.2) is 48.8 Å². The number of carbonyl (C=O) groups is 1. The number of amides is 1. The Kier molecular flexibility index (Phi) is 4.61. The van der Waals surface area contributed by atoms with Gasteiger partial charge >= 0.3 is 0 Å². The van der Waals surface area contributed by atoms with Crippen LogP contribution >= 0.6 is 0 Å². The van der Waals surface area contributed by atoms with Crippen LogP contribution in [0.5, 0.6) is 5.75 Å². The van der Waals surface area contributed by atoms with Gasteiger partial charge in [-0.15, -0.1) is 0 Å². The summed E-state index contributed by atoms with van der Waals surface area (Å²) in [5.74, 6) is 1.32. The molecule has 1 aliphatic heterocycles. The van der Waals surface area contributed by atoms with Gasteiger partial charge in [0.25, 0.3) is 5.91 Å². The monoisotopic (exact) mass is 349 g/mol. The molecule has 134 valence electrons. The van der Waals surface area contributed by atoms with Gasteiger partial charge in [-0.05, 0) is 55.5 Å². The standard InChI is InChI=1S/C21H23N3O2/c1-26-17-7-8-20-18(12-17)19(13-23-20)21(25)24-10-4-5-15(14-24)11-16-6-2-3-9-22-16/h2-3,6-9,12-13,15,23H,4-5,10-11,14H2,1H3. The van der Waals surface area contributed by atoms with Crippen LogP contribution in [0.2, 0.25) is 0 Å². The van der Waals surface area contributed by atoms with Crippen LogP contribution in [0.25, 0.3) is 10.9 Å². The van der Waals surface area contributed by atoms with Crippen LogP contribution in [0.3, 0.4) is 0 Å². The number of hydrogen-bond donors (Lipinski definition) is 1. The summed E-state index contributed by atoms with van der Waals surface area (Å²) < 4.78 is 5.31. The summed E-state index contributed by atoms with van der Waals surface area (Å²) in [6.45, 7) is 1.60. The summed E-state index contributed by atoms with van der Waals surface area (Å²) in [5, 5.41) is 0.918. The summed E-state index contributed by atoms with van der Waals surface area (Å²) in [6, 6.07) is 11.8. The number of aromatic amines is 1. The van der Waals surface area contributed by atoms with Gasteiger partial charge in [-0.3, -0.25) is 9.78 Å². The van der Waals surface area contributed by atoms with Gasteiger partial charge in [0.15, 0.2) is 0 Å². The molecule has 1 aromatic carbocycles. The van der Waals surface area contributed by atoms with E-state index in [0.29, 0.717) is 5.92 Å². The first-order valence-corrected chi connectivity index (χ1v) is 9.09. The van der Waals surface area contributed by atoms with Crippen molar-refractivity contribution in [1.82, 2.24) is 14.9 Å². The van der Waals surface area contributed by atoms with Crippen molar-refractivity contribution in [3.05, 3.63) is 60.0 Å². The number of fused-ring (bicyclic) bond motifs is 1. The zero-order valence-electron chi connectivity index (χ0n) is 14.9. The summed E-state index contributed by atoms with van der Waals surface area (Å²) in [6.07, 6.45) is 6.75. The number of piperidine rings is 1. The number of likely N-dealkylation sites (tertiary alicyclic amines) is 1. The third kappa shape index (κ3) is 3.29. The molecule has 0 radical (unpaired) electrons. The van der Waals surface area contributed by atoms with Gasteiger partial charge in [0.2, 0.25) is 0 Å². The first-order chi connectivity index (χ1) is 12.7. The predicted molar refractivity (Wildman–Crippen MR) is 101 cm³/mol. The highest BCUT2D eigenvalue weighted by molar-refractivity contribution is 6.07. The molecule has 1 N–H and O–H groups in total. The number of H-pyrrole nitrogens is 1. The van der Waals surface area contributed by atoms with Gasteiger partial charge in [-0.2, -0.15) is 0 Å². The second kappa shape index (κ2) is 7.20. The Hall–Kier alpha value is -2.82. The second-order valence-electron chi connectivity index (χ2n) is 6.90. The molecule has 0 bridgehead atoms. The van der Waals surface area contributed by atoms with Gasteiger partial charge in [-0.1, -0.05) is 6.07 Å². The predicted octanol–water partition coefficient (Wildman–Crippen LogP) is 3.67. The lowest BCUT2D eigenvalue weighted by Gasteiger charge is -2.32. The van der Waals surface area contributed by atoms with E-state index in [-0.39, 0.29) is 5.91 Å². The molecule has 0 saturated carbocycles. The second-order valence-corrected chi connectivity index (χ2v) is 6.90. The Labute approximate surface area is 153 Å². The fraction of sp³-hybridized carbons (Fsp3) is 0.333. The smallest absolute Gasteiger partial charge is 0.256 e. The van der Waals surface area contributed by atoms with Crippen molar-refractivity contribution < 1.29 is 9.53 Å². The Morgan fingerprint density at radius 2 is 2.27 bits per heavy atom. The molecule has 3 aromatic rings. The van der Waals surface area contributed by atoms with Crippen molar-refractivity contribution in [1.29, 1.82) is 0 Å². The molecule has 5 heteroatoms. The van der Waals surface area contributed by atoms with Crippen molar-refractivity contribution in [2.45, 2.75) is 19.3 Å². The van der Waals surface area contributed by atoms with E-state index in [0.717, 1.165) is 60.3 Å². The van der Waals surface area contributed by atoms with Crippen molar-refractivity contribution in [3.63, 3.8) is 0 Å². The Bertz CT molecular complexity index is 904. The van der Waals surface area contributed by atoms with E-state index in [1.54, 1.807) is 7.11 Å². The number of nitrogens with one attached hydrogen (secondary N) is 1. The zero-order chi connectivity index (χ0) is 17.9. The molecule has 1 saturated heterocycles. The van der Waals surface area contributed by atoms with Gasteiger partial charge < -0.3 is 14.6 Å². The summed E-state index contributed by atoms with van der Waals surface area (Å²) >= 11 is 0. The van der Waals surface area contributed by atoms with E-state index in [1.165, 1.54) is 0 Å². The molecule has 4 rings (SSSR count). The van der Waals surface area contributed by atoms with Crippen LogP contribution in [-0.2, 0) is 6.42 Å². The molecule has 1 unspecified atom stereocenters. The number of methoxy groups -OCH3 is 1. The van der Waals surface area contributed by atoms with Gasteiger partial charge in [-0.25, -0.2) is 0 Å². The lowest BCUT2D eigenvalue weighted by atomic mass is 9.92. The number of ether oxygens (including phenoxy) is 1. The van der Waals surface area contributed by atoms with Crippen LogP contribution < -0.4 is 4.74 Å². The Morgan fingerprint density at radius 1 is 1.35 bits per heavy atom. The van der Waals surface area contributed by atoms with Crippen molar-refractivity contribution >= 4 is 16.8 Å². The van der Waals surface area contributed by atoms with E-state index in [1.807, 2.05) is 47.6 Å². The first kappa shape index (κ1) is 16.6. The molecule has 0 spiro atoms. The third-order valence-electron chi connectivity index (χ3n) is 5.15. The minimum absolute atomic E-state index is 0.0928. The number of carbonyl (C=O) groups excluding carboxylic acids is 1. The van der Waals surface area contributed by atoms with Gasteiger partial charge in [0.05, 0.1) is 12.7 Å². The molecule has 1 aliphatic rings. The summed E-state index contributed by atoms with van der Waals surface area (Å²) in [5.41, 5.74) is 2.78. The third-order valence-corrected chi connectivity index (χ3v) is 5.15. The highest BCUT2D eigenvalue weighted by atomic mass is 16.5. The summed E-state index contributed by atoms with van der Waals surface area (Å²) in [7, 11) is 1.64. The van der Waals surface area contributed by atoms with E-state index < -0.39 is 0 Å². The molecular formula is C21H23N3O2. The number of hydrogen-bond acceptors (Lipinski definition) is 3. The molecule has 1 fully saturated rings. The number of pyridine rings is 1. The SMILES string of the molecule is COc1ccc2[nH]cc(C(=O)N3CCCC(Cc4ccccn4)C3)c2c1. The minimum atomic E-state index is 0.0928. The maximum absolute atomic E-state index is 13.1. The average molecular weight is 349 g/mol. The molecule has 1 atom stereocenters. The van der Waals surface area contributed by atoms with Crippen LogP contribution in [-0.4, -0.2) is 41.0 Å². The van der Waals surface area contributed by atoms with Crippen LogP contribution in [0.4, 0.5) is 0 Å². The van der Waals surface area contributed by atoms with Crippen molar-refractivity contribution in [2.24, 2.45) is 5.92 Å². The molecule has 26 heavy (non-hydrogen) atoms. The first-order valence-electron chi connectivity index (χ1n) is 9.09. The van der Waals surface area contributed by atoms with Gasteiger partial charge in [0.1, 0.15) is 5.75 Å². The average Bonchev–Trinajstić information content (AvgIpc) is 3.11. The number of benzene rings is 1.